The molecule has 1 atom stereocenters. The second kappa shape index (κ2) is 11.5. The number of hydrogen-bond donors (Lipinski definition) is 2. The molecule has 0 saturated carbocycles. The van der Waals surface area contributed by atoms with Crippen LogP contribution in [0.15, 0.2) is 48.8 Å². The summed E-state index contributed by atoms with van der Waals surface area (Å²) < 4.78 is 97.3. The van der Waals surface area contributed by atoms with Crippen molar-refractivity contribution in [1.29, 1.82) is 0 Å². The van der Waals surface area contributed by atoms with E-state index in [9.17, 15) is 35.5 Å². The van der Waals surface area contributed by atoms with Gasteiger partial charge < -0.3 is 0 Å². The lowest BCUT2D eigenvalue weighted by molar-refractivity contribution is -0.140. The molecule has 0 aliphatic rings. The Hall–Kier alpha value is -2.80. The average molecular weight is 622 g/mol. The maximum atomic E-state index is 14.9. The van der Waals surface area contributed by atoms with Gasteiger partial charge in [-0.1, -0.05) is 52.5 Å². The van der Waals surface area contributed by atoms with E-state index in [1.54, 1.807) is 0 Å². The fraction of sp³-hybridized carbons (Fsp3) is 0.136. The number of carbonyl (C=O) groups excluding carboxylic acids is 1. The van der Waals surface area contributed by atoms with Gasteiger partial charge in [-0.25, -0.2) is 14.4 Å². The van der Waals surface area contributed by atoms with Crippen LogP contribution in [0.1, 0.15) is 33.0 Å². The first-order chi connectivity index (χ1) is 17.6. The molecule has 0 aliphatic heterocycles. The molecule has 0 radical (unpaired) electrons. The van der Waals surface area contributed by atoms with E-state index >= 15 is 0 Å². The molecule has 1 amide bonds. The maximum absolute atomic E-state index is 14.9. The number of halogens is 11. The Morgan fingerprint density at radius 1 is 0.921 bits per heavy atom. The Bertz CT molecular complexity index is 1360. The molecule has 3 rings (SSSR count). The highest BCUT2D eigenvalue weighted by Crippen LogP contribution is 2.42. The van der Waals surface area contributed by atoms with Crippen LogP contribution in [-0.2, 0) is 6.18 Å². The number of anilines is 1. The van der Waals surface area contributed by atoms with Gasteiger partial charge in [-0.05, 0) is 35.9 Å². The number of nitrogens with zero attached hydrogens (tertiary/aromatic N) is 2. The molecule has 1 heterocycles. The highest BCUT2D eigenvalue weighted by Gasteiger charge is 2.41. The van der Waals surface area contributed by atoms with Crippen LogP contribution >= 0.6 is 46.4 Å². The normalized spacial score (nSPS) is 13.3. The van der Waals surface area contributed by atoms with Gasteiger partial charge in [-0.15, -0.1) is 0 Å². The Morgan fingerprint density at radius 2 is 1.50 bits per heavy atom. The van der Waals surface area contributed by atoms with Crippen molar-refractivity contribution >= 4 is 64.1 Å². The molecular weight excluding hydrogens is 611 g/mol. The van der Waals surface area contributed by atoms with Crippen molar-refractivity contribution in [3.63, 3.8) is 0 Å². The van der Waals surface area contributed by atoms with Crippen LogP contribution in [0.5, 0.6) is 0 Å². The Labute approximate surface area is 229 Å². The number of nitrogens with one attached hydrogen (secondary N) is 2. The van der Waals surface area contributed by atoms with Crippen LogP contribution in [-0.4, -0.2) is 22.1 Å². The van der Waals surface area contributed by atoms with Crippen LogP contribution in [0.25, 0.3) is 5.83 Å². The van der Waals surface area contributed by atoms with Crippen molar-refractivity contribution in [1.82, 2.24) is 15.4 Å². The second-order valence-electron chi connectivity index (χ2n) is 7.39. The topological polar surface area (TPSA) is 66.9 Å². The Kier molecular flexibility index (Phi) is 9.02. The quantitative estimate of drug-likeness (QED) is 0.164. The van der Waals surface area contributed by atoms with Gasteiger partial charge in [0, 0.05) is 5.56 Å². The molecular formula is C22H11Cl4F7N4O. The molecule has 202 valence electrons. The minimum Gasteiger partial charge on any atom is -0.267 e. The molecule has 0 spiro atoms. The third kappa shape index (κ3) is 7.19. The first-order valence-corrected chi connectivity index (χ1v) is 11.4. The molecule has 3 aromatic rings. The summed E-state index contributed by atoms with van der Waals surface area (Å²) >= 11 is 22.9. The number of rotatable bonds is 6. The maximum Gasteiger partial charge on any atom is 0.417 e. The molecule has 0 fully saturated rings. The van der Waals surface area contributed by atoms with Gasteiger partial charge in [0.15, 0.2) is 0 Å². The van der Waals surface area contributed by atoms with Crippen LogP contribution in [0, 0.1) is 0 Å². The minimum absolute atomic E-state index is 0.0601. The number of allylic oxidation sites excluding steroid dienone is 1. The lowest BCUT2D eigenvalue weighted by Crippen LogP contribution is -2.32. The largest absolute Gasteiger partial charge is 0.417 e. The summed E-state index contributed by atoms with van der Waals surface area (Å²) in [5.74, 6) is -5.82. The fourth-order valence-corrected chi connectivity index (χ4v) is 3.77. The van der Waals surface area contributed by atoms with Crippen LogP contribution in [0.3, 0.4) is 0 Å². The van der Waals surface area contributed by atoms with Gasteiger partial charge in [0.1, 0.15) is 11.7 Å². The third-order valence-electron chi connectivity index (χ3n) is 4.78. The first-order valence-electron chi connectivity index (χ1n) is 9.92. The second-order valence-corrected chi connectivity index (χ2v) is 9.02. The molecule has 16 heteroatoms. The monoisotopic (exact) mass is 620 g/mol. The number of alkyl halides is 6. The predicted molar refractivity (Wildman–Crippen MR) is 129 cm³/mol. The number of aromatic nitrogens is 2. The smallest absolute Gasteiger partial charge is 0.267 e. The summed E-state index contributed by atoms with van der Waals surface area (Å²) in [6, 6.07) is 3.14. The highest BCUT2D eigenvalue weighted by atomic mass is 35.5. The summed E-state index contributed by atoms with van der Waals surface area (Å²) in [4.78, 5) is 19.7. The van der Waals surface area contributed by atoms with Crippen molar-refractivity contribution < 1.29 is 35.5 Å². The zero-order chi connectivity index (χ0) is 28.4. The molecule has 1 unspecified atom stereocenters. The van der Waals surface area contributed by atoms with Gasteiger partial charge in [0.25, 0.3) is 5.91 Å². The highest BCUT2D eigenvalue weighted by molar-refractivity contribution is 6.48. The fourth-order valence-electron chi connectivity index (χ4n) is 3.06. The van der Waals surface area contributed by atoms with Crippen LogP contribution in [0.2, 0.25) is 20.1 Å². The Balaban J connectivity index is 1.97. The van der Waals surface area contributed by atoms with Crippen molar-refractivity contribution in [3.05, 3.63) is 91.1 Å². The van der Waals surface area contributed by atoms with E-state index < -0.39 is 52.3 Å². The third-order valence-corrected chi connectivity index (χ3v) is 6.18. The first kappa shape index (κ1) is 29.8. The van der Waals surface area contributed by atoms with E-state index in [1.165, 1.54) is 0 Å². The SMILES string of the molecule is O=C(NNc1ncc(Cl)cn1)c1ccc(/C(F)=C/C(c2cc(Cl)c(Cl)c(Cl)c2)C(F)(F)F)cc1C(F)(F)F. The van der Waals surface area contributed by atoms with Crippen LogP contribution < -0.4 is 10.9 Å². The van der Waals surface area contributed by atoms with Gasteiger partial charge >= 0.3 is 12.4 Å². The number of benzene rings is 2. The molecule has 2 aromatic carbocycles. The summed E-state index contributed by atoms with van der Waals surface area (Å²) in [6.45, 7) is 0. The zero-order valence-corrected chi connectivity index (χ0v) is 21.2. The van der Waals surface area contributed by atoms with Crippen molar-refractivity contribution in [2.24, 2.45) is 0 Å². The average Bonchev–Trinajstić information content (AvgIpc) is 2.83. The molecule has 2 N–H and O–H groups in total. The number of hydrazine groups is 1. The van der Waals surface area contributed by atoms with Crippen molar-refractivity contribution in [2.75, 3.05) is 5.43 Å². The lowest BCUT2D eigenvalue weighted by Gasteiger charge is -2.19. The minimum atomic E-state index is -5.18. The molecule has 0 bridgehead atoms. The van der Waals surface area contributed by atoms with E-state index in [0.29, 0.717) is 12.1 Å². The standard InChI is InChI=1S/C22H11Cl4F7N4O/c23-11-7-34-20(35-8-11)37-36-19(38)12-2-1-9(3-14(12)22(31,32)33)17(27)6-13(21(28,29)30)10-4-15(24)18(26)16(25)5-10/h1-8,13H,(H,36,38)(H,34,35,37)/b17-6-. The Morgan fingerprint density at radius 3 is 2.03 bits per heavy atom. The summed E-state index contributed by atoms with van der Waals surface area (Å²) in [6.07, 6.45) is -7.91. The van der Waals surface area contributed by atoms with Gasteiger partial charge in [0.2, 0.25) is 5.95 Å². The molecule has 0 aliphatic carbocycles. The van der Waals surface area contributed by atoms with E-state index in [2.05, 4.69) is 15.4 Å². The molecule has 38 heavy (non-hydrogen) atoms. The van der Waals surface area contributed by atoms with E-state index in [-0.39, 0.29) is 38.2 Å². The van der Waals surface area contributed by atoms with E-state index in [0.717, 1.165) is 24.5 Å². The van der Waals surface area contributed by atoms with Gasteiger partial charge in [-0.2, -0.15) is 26.3 Å². The van der Waals surface area contributed by atoms with Gasteiger partial charge in [-0.3, -0.25) is 15.6 Å². The molecule has 5 nitrogen and oxygen atoms in total. The number of amides is 1. The van der Waals surface area contributed by atoms with Crippen molar-refractivity contribution in [3.8, 4) is 0 Å². The van der Waals surface area contributed by atoms with Crippen LogP contribution in [0.4, 0.5) is 36.7 Å². The zero-order valence-electron chi connectivity index (χ0n) is 18.2. The summed E-state index contributed by atoms with van der Waals surface area (Å²) in [5, 5.41) is -0.765. The van der Waals surface area contributed by atoms with Gasteiger partial charge in [0.05, 0.1) is 43.6 Å². The van der Waals surface area contributed by atoms with E-state index in [1.807, 2.05) is 5.43 Å². The summed E-state index contributed by atoms with van der Waals surface area (Å²) in [5.41, 5.74) is 0.0574. The summed E-state index contributed by atoms with van der Waals surface area (Å²) in [7, 11) is 0. The molecule has 0 saturated heterocycles. The van der Waals surface area contributed by atoms with E-state index in [4.69, 9.17) is 46.4 Å². The molecule has 1 aromatic heterocycles. The van der Waals surface area contributed by atoms with Crippen molar-refractivity contribution in [2.45, 2.75) is 18.3 Å². The number of hydrogen-bond acceptors (Lipinski definition) is 4. The predicted octanol–water partition coefficient (Wildman–Crippen LogP) is 8.52. The lowest BCUT2D eigenvalue weighted by atomic mass is 9.95. The number of carbonyl (C=O) groups is 1.